The van der Waals surface area contributed by atoms with Crippen LogP contribution in [0.5, 0.6) is 0 Å². The second kappa shape index (κ2) is 6.14. The van der Waals surface area contributed by atoms with Crippen molar-refractivity contribution in [2.24, 2.45) is 0 Å². The van der Waals surface area contributed by atoms with E-state index in [-0.39, 0.29) is 22.1 Å². The minimum atomic E-state index is -0.499. The van der Waals surface area contributed by atoms with E-state index in [0.29, 0.717) is 5.56 Å². The average molecular weight is 327 g/mol. The summed E-state index contributed by atoms with van der Waals surface area (Å²) in [6, 6.07) is 4.68. The van der Waals surface area contributed by atoms with Gasteiger partial charge in [0, 0.05) is 12.1 Å². The first kappa shape index (κ1) is 14.0. The minimum absolute atomic E-state index is 0.0868. The van der Waals surface area contributed by atoms with Gasteiger partial charge in [-0.1, -0.05) is 25.3 Å². The first-order valence-corrected chi connectivity index (χ1v) is 7.12. The number of carbonyl (C=O) groups excluding carboxylic acids is 1. The molecule has 1 aromatic rings. The lowest BCUT2D eigenvalue weighted by Crippen LogP contribution is -2.36. The molecule has 2 rings (SSSR count). The van der Waals surface area contributed by atoms with Gasteiger partial charge in [-0.2, -0.15) is 0 Å². The predicted molar refractivity (Wildman–Crippen MR) is 75.1 cm³/mol. The summed E-state index contributed by atoms with van der Waals surface area (Å²) in [6.45, 7) is 0. The van der Waals surface area contributed by atoms with Crippen molar-refractivity contribution in [3.8, 4) is 0 Å². The molecule has 1 aliphatic rings. The van der Waals surface area contributed by atoms with E-state index in [1.54, 1.807) is 6.07 Å². The zero-order valence-corrected chi connectivity index (χ0v) is 12.0. The van der Waals surface area contributed by atoms with Crippen molar-refractivity contribution in [1.29, 1.82) is 0 Å². The highest BCUT2D eigenvalue weighted by molar-refractivity contribution is 9.10. The van der Waals surface area contributed by atoms with Gasteiger partial charge in [-0.05, 0) is 34.8 Å². The fraction of sp³-hybridized carbons (Fsp3) is 0.462. The van der Waals surface area contributed by atoms with Crippen LogP contribution in [0.4, 0.5) is 5.69 Å². The molecular weight excluding hydrogens is 312 g/mol. The van der Waals surface area contributed by atoms with E-state index < -0.39 is 4.92 Å². The van der Waals surface area contributed by atoms with Crippen molar-refractivity contribution in [2.45, 2.75) is 38.1 Å². The number of amides is 1. The van der Waals surface area contributed by atoms with Crippen LogP contribution >= 0.6 is 15.9 Å². The zero-order chi connectivity index (χ0) is 13.8. The number of carbonyl (C=O) groups is 1. The normalized spacial score (nSPS) is 16.1. The van der Waals surface area contributed by atoms with Gasteiger partial charge < -0.3 is 5.32 Å². The molecule has 0 bridgehead atoms. The summed E-state index contributed by atoms with van der Waals surface area (Å²) in [5.41, 5.74) is 0.232. The number of nitro benzene ring substituents is 1. The summed E-state index contributed by atoms with van der Waals surface area (Å²) in [5, 5.41) is 13.8. The van der Waals surface area contributed by atoms with Crippen molar-refractivity contribution < 1.29 is 9.72 Å². The molecule has 1 saturated carbocycles. The van der Waals surface area contributed by atoms with Gasteiger partial charge in [0.2, 0.25) is 0 Å². The van der Waals surface area contributed by atoms with Gasteiger partial charge >= 0.3 is 0 Å². The van der Waals surface area contributed by atoms with Crippen LogP contribution in [0.15, 0.2) is 22.7 Å². The molecule has 0 radical (unpaired) electrons. The lowest BCUT2D eigenvalue weighted by molar-refractivity contribution is -0.385. The third kappa shape index (κ3) is 3.32. The molecule has 0 spiro atoms. The maximum absolute atomic E-state index is 12.1. The van der Waals surface area contributed by atoms with Gasteiger partial charge in [-0.3, -0.25) is 14.9 Å². The molecule has 1 amide bonds. The predicted octanol–water partition coefficient (Wildman–Crippen LogP) is 3.42. The van der Waals surface area contributed by atoms with Crippen molar-refractivity contribution in [2.75, 3.05) is 0 Å². The van der Waals surface area contributed by atoms with E-state index in [9.17, 15) is 14.9 Å². The van der Waals surface area contributed by atoms with E-state index >= 15 is 0 Å². The molecule has 1 aromatic carbocycles. The highest BCUT2D eigenvalue weighted by Crippen LogP contribution is 2.28. The molecule has 19 heavy (non-hydrogen) atoms. The first-order valence-electron chi connectivity index (χ1n) is 6.33. The van der Waals surface area contributed by atoms with E-state index in [1.165, 1.54) is 18.6 Å². The van der Waals surface area contributed by atoms with Gasteiger partial charge in [0.15, 0.2) is 0 Å². The Balaban J connectivity index is 2.14. The molecule has 1 N–H and O–H groups in total. The minimum Gasteiger partial charge on any atom is -0.349 e. The Morgan fingerprint density at radius 3 is 2.63 bits per heavy atom. The van der Waals surface area contributed by atoms with Gasteiger partial charge in [0.1, 0.15) is 4.47 Å². The van der Waals surface area contributed by atoms with Crippen molar-refractivity contribution >= 4 is 27.5 Å². The van der Waals surface area contributed by atoms with Crippen LogP contribution in [0.1, 0.15) is 42.5 Å². The highest BCUT2D eigenvalue weighted by atomic mass is 79.9. The maximum Gasteiger partial charge on any atom is 0.284 e. The molecular formula is C13H15BrN2O3. The monoisotopic (exact) mass is 326 g/mol. The van der Waals surface area contributed by atoms with Gasteiger partial charge in [-0.15, -0.1) is 0 Å². The fourth-order valence-corrected chi connectivity index (χ4v) is 2.94. The Morgan fingerprint density at radius 1 is 1.32 bits per heavy atom. The molecule has 1 aliphatic carbocycles. The van der Waals surface area contributed by atoms with E-state index in [0.717, 1.165) is 25.7 Å². The molecule has 0 aliphatic heterocycles. The fourth-order valence-electron chi connectivity index (χ4n) is 2.35. The number of hydrogen-bond acceptors (Lipinski definition) is 3. The topological polar surface area (TPSA) is 72.2 Å². The third-order valence-corrected chi connectivity index (χ3v) is 4.19. The van der Waals surface area contributed by atoms with Crippen molar-refractivity contribution in [1.82, 2.24) is 5.32 Å². The van der Waals surface area contributed by atoms with Crippen LogP contribution in [-0.2, 0) is 0 Å². The Kier molecular flexibility index (Phi) is 4.52. The summed E-state index contributed by atoms with van der Waals surface area (Å²) < 4.78 is 0.244. The second-order valence-electron chi connectivity index (χ2n) is 4.70. The quantitative estimate of drug-likeness (QED) is 0.683. The number of nitrogens with one attached hydrogen (secondary N) is 1. The third-order valence-electron chi connectivity index (χ3n) is 3.36. The largest absolute Gasteiger partial charge is 0.349 e. The lowest BCUT2D eigenvalue weighted by atomic mass is 9.95. The molecule has 1 fully saturated rings. The molecule has 6 heteroatoms. The number of nitro groups is 1. The molecule has 0 aromatic heterocycles. The smallest absolute Gasteiger partial charge is 0.284 e. The maximum atomic E-state index is 12.1. The van der Waals surface area contributed by atoms with Gasteiger partial charge in [-0.25, -0.2) is 0 Å². The Morgan fingerprint density at radius 2 is 2.00 bits per heavy atom. The average Bonchev–Trinajstić information content (AvgIpc) is 2.39. The molecule has 102 valence electrons. The number of rotatable bonds is 3. The van der Waals surface area contributed by atoms with Crippen LogP contribution in [-0.4, -0.2) is 16.9 Å². The molecule has 0 saturated heterocycles. The number of nitrogens with zero attached hydrogens (tertiary/aromatic N) is 1. The van der Waals surface area contributed by atoms with E-state index in [1.807, 2.05) is 0 Å². The van der Waals surface area contributed by atoms with Crippen molar-refractivity contribution in [3.63, 3.8) is 0 Å². The molecule has 0 atom stereocenters. The zero-order valence-electron chi connectivity index (χ0n) is 10.4. The summed E-state index contributed by atoms with van der Waals surface area (Å²) >= 11 is 3.14. The van der Waals surface area contributed by atoms with Crippen LogP contribution in [0.2, 0.25) is 0 Å². The Bertz CT molecular complexity index is 499. The highest BCUT2D eigenvalue weighted by Gasteiger charge is 2.22. The number of benzene rings is 1. The standard InChI is InChI=1S/C13H15BrN2O3/c14-12-10(7-4-8-11(12)16(18)19)13(17)15-9-5-2-1-3-6-9/h4,7-9H,1-3,5-6H2,(H,15,17). The molecule has 5 nitrogen and oxygen atoms in total. The van der Waals surface area contributed by atoms with Crippen LogP contribution in [0, 0.1) is 10.1 Å². The summed E-state index contributed by atoms with van der Waals surface area (Å²) in [4.78, 5) is 22.5. The van der Waals surface area contributed by atoms with Gasteiger partial charge in [0.25, 0.3) is 11.6 Å². The Labute approximate surface area is 119 Å². The van der Waals surface area contributed by atoms with Crippen LogP contribution < -0.4 is 5.32 Å². The molecule has 0 heterocycles. The summed E-state index contributed by atoms with van der Waals surface area (Å²) in [7, 11) is 0. The van der Waals surface area contributed by atoms with E-state index in [4.69, 9.17) is 0 Å². The van der Waals surface area contributed by atoms with Gasteiger partial charge in [0.05, 0.1) is 10.5 Å². The first-order chi connectivity index (χ1) is 9.09. The molecule has 0 unspecified atom stereocenters. The lowest BCUT2D eigenvalue weighted by Gasteiger charge is -2.22. The summed E-state index contributed by atoms with van der Waals surface area (Å²) in [5.74, 6) is -0.248. The SMILES string of the molecule is O=C(NC1CCCCC1)c1cccc([N+](=O)[O-])c1Br. The van der Waals surface area contributed by atoms with E-state index in [2.05, 4.69) is 21.2 Å². The van der Waals surface area contributed by atoms with Crippen LogP contribution in [0.25, 0.3) is 0 Å². The summed E-state index contributed by atoms with van der Waals surface area (Å²) in [6.07, 6.45) is 5.44. The van der Waals surface area contributed by atoms with Crippen molar-refractivity contribution in [3.05, 3.63) is 38.3 Å². The number of halogens is 1. The Hall–Kier alpha value is -1.43. The number of hydrogen-bond donors (Lipinski definition) is 1. The second-order valence-corrected chi connectivity index (χ2v) is 5.50. The van der Waals surface area contributed by atoms with Crippen LogP contribution in [0.3, 0.4) is 0 Å².